The molecule has 0 atom stereocenters. The minimum Gasteiger partial charge on any atom is -0.377 e. The molecule has 6 heteroatoms. The number of benzene rings is 1. The minimum absolute atomic E-state index is 0.319. The average molecular weight is 322 g/mol. The molecule has 0 saturated carbocycles. The zero-order valence-corrected chi connectivity index (χ0v) is 13.3. The fraction of sp³-hybridized carbons (Fsp3) is 0.462. The number of halogens is 3. The molecular formula is C13H15Cl3N2O. The van der Waals surface area contributed by atoms with E-state index in [1.807, 2.05) is 24.5 Å². The predicted octanol–water partition coefficient (Wildman–Crippen LogP) is 4.51. The lowest BCUT2D eigenvalue weighted by Gasteiger charge is -2.24. The van der Waals surface area contributed by atoms with Gasteiger partial charge in [0, 0.05) is 7.11 Å². The molecule has 0 saturated heterocycles. The second-order valence-corrected chi connectivity index (χ2v) is 6.05. The van der Waals surface area contributed by atoms with Crippen LogP contribution in [0.3, 0.4) is 0 Å². The predicted molar refractivity (Wildman–Crippen MR) is 80.4 cm³/mol. The fourth-order valence-electron chi connectivity index (χ4n) is 1.89. The lowest BCUT2D eigenvalue weighted by atomic mass is 10.1. The molecule has 1 aromatic carbocycles. The first-order valence-electron chi connectivity index (χ1n) is 5.83. The fourth-order valence-corrected chi connectivity index (χ4v) is 2.41. The number of rotatable bonds is 4. The molecule has 2 aromatic rings. The van der Waals surface area contributed by atoms with Gasteiger partial charge in [-0.2, -0.15) is 0 Å². The van der Waals surface area contributed by atoms with Crippen molar-refractivity contribution in [3.8, 4) is 0 Å². The van der Waals surface area contributed by atoms with Gasteiger partial charge in [0.15, 0.2) is 0 Å². The molecule has 0 unspecified atom stereocenters. The number of hydrogen-bond donors (Lipinski definition) is 0. The van der Waals surface area contributed by atoms with Crippen LogP contribution in [0.4, 0.5) is 0 Å². The number of imidazole rings is 1. The zero-order chi connectivity index (χ0) is 14.2. The molecule has 1 heterocycles. The summed E-state index contributed by atoms with van der Waals surface area (Å²) in [7, 11) is 1.68. The average Bonchev–Trinajstić information content (AvgIpc) is 2.67. The molecular weight excluding hydrogens is 307 g/mol. The third-order valence-electron chi connectivity index (χ3n) is 3.08. The molecule has 1 aromatic heterocycles. The summed E-state index contributed by atoms with van der Waals surface area (Å²) in [4.78, 5) is 4.48. The molecule has 3 nitrogen and oxygen atoms in total. The van der Waals surface area contributed by atoms with Crippen LogP contribution in [0, 0.1) is 0 Å². The Kier molecular flexibility index (Phi) is 4.31. The van der Waals surface area contributed by atoms with Crippen LogP contribution in [-0.2, 0) is 17.2 Å². The van der Waals surface area contributed by atoms with Crippen molar-refractivity contribution >= 4 is 45.8 Å². The Labute approximate surface area is 127 Å². The smallest absolute Gasteiger partial charge is 0.124 e. The van der Waals surface area contributed by atoms with Crippen molar-refractivity contribution in [1.82, 2.24) is 9.55 Å². The van der Waals surface area contributed by atoms with Crippen LogP contribution < -0.4 is 0 Å². The van der Waals surface area contributed by atoms with Crippen LogP contribution in [0.25, 0.3) is 11.0 Å². The highest BCUT2D eigenvalue weighted by atomic mass is 35.5. The first-order chi connectivity index (χ1) is 8.88. The van der Waals surface area contributed by atoms with Gasteiger partial charge in [-0.05, 0) is 26.0 Å². The van der Waals surface area contributed by atoms with Crippen LogP contribution in [-0.4, -0.2) is 22.3 Å². The number of methoxy groups -OCH3 is 1. The van der Waals surface area contributed by atoms with E-state index >= 15 is 0 Å². The van der Waals surface area contributed by atoms with E-state index in [0.717, 1.165) is 16.9 Å². The SMILES string of the molecule is COC(C)(C)Cn1c(CCl)nc2cc(Cl)c(Cl)cc21. The maximum absolute atomic E-state index is 6.08. The number of alkyl halides is 1. The molecule has 104 valence electrons. The number of ether oxygens (including phenoxy) is 1. The first kappa shape index (κ1) is 14.9. The molecule has 0 aliphatic rings. The van der Waals surface area contributed by atoms with Crippen molar-refractivity contribution in [2.24, 2.45) is 0 Å². The summed E-state index contributed by atoms with van der Waals surface area (Å²) in [6, 6.07) is 3.57. The van der Waals surface area contributed by atoms with E-state index in [4.69, 9.17) is 39.5 Å². The zero-order valence-electron chi connectivity index (χ0n) is 11.0. The molecule has 19 heavy (non-hydrogen) atoms. The molecule has 0 bridgehead atoms. The van der Waals surface area contributed by atoms with E-state index < -0.39 is 0 Å². The molecule has 0 N–H and O–H groups in total. The Morgan fingerprint density at radius 3 is 2.47 bits per heavy atom. The van der Waals surface area contributed by atoms with Gasteiger partial charge in [0.2, 0.25) is 0 Å². The van der Waals surface area contributed by atoms with E-state index in [-0.39, 0.29) is 5.60 Å². The topological polar surface area (TPSA) is 27.1 Å². The van der Waals surface area contributed by atoms with Gasteiger partial charge in [-0.15, -0.1) is 11.6 Å². The van der Waals surface area contributed by atoms with Crippen LogP contribution in [0.2, 0.25) is 10.0 Å². The Morgan fingerprint density at radius 1 is 1.26 bits per heavy atom. The van der Waals surface area contributed by atoms with Crippen LogP contribution >= 0.6 is 34.8 Å². The van der Waals surface area contributed by atoms with Crippen molar-refractivity contribution < 1.29 is 4.74 Å². The van der Waals surface area contributed by atoms with Crippen molar-refractivity contribution in [2.45, 2.75) is 31.9 Å². The third-order valence-corrected chi connectivity index (χ3v) is 4.04. The number of nitrogens with zero attached hydrogens (tertiary/aromatic N) is 2. The van der Waals surface area contributed by atoms with Gasteiger partial charge in [-0.1, -0.05) is 23.2 Å². The number of hydrogen-bond acceptors (Lipinski definition) is 2. The molecule has 0 aliphatic heterocycles. The van der Waals surface area contributed by atoms with Crippen molar-refractivity contribution in [1.29, 1.82) is 0 Å². The largest absolute Gasteiger partial charge is 0.377 e. The lowest BCUT2D eigenvalue weighted by Crippen LogP contribution is -2.29. The second-order valence-electron chi connectivity index (χ2n) is 4.97. The summed E-state index contributed by atoms with van der Waals surface area (Å²) in [6.07, 6.45) is 0. The van der Waals surface area contributed by atoms with Crippen LogP contribution in [0.15, 0.2) is 12.1 Å². The van der Waals surface area contributed by atoms with Gasteiger partial charge < -0.3 is 9.30 Å². The summed E-state index contributed by atoms with van der Waals surface area (Å²) in [5.74, 6) is 1.10. The second kappa shape index (κ2) is 5.49. The monoisotopic (exact) mass is 320 g/mol. The van der Waals surface area contributed by atoms with E-state index in [1.54, 1.807) is 13.2 Å². The van der Waals surface area contributed by atoms with Gasteiger partial charge in [-0.3, -0.25) is 0 Å². The standard InChI is InChI=1S/C13H15Cl3N2O/c1-13(2,19-3)7-18-11-5-9(16)8(15)4-10(11)17-12(18)6-14/h4-5H,6-7H2,1-3H3. The highest BCUT2D eigenvalue weighted by molar-refractivity contribution is 6.42. The Bertz CT molecular complexity index is 607. The van der Waals surface area contributed by atoms with Gasteiger partial charge in [0.05, 0.1) is 39.1 Å². The van der Waals surface area contributed by atoms with Crippen LogP contribution in [0.1, 0.15) is 19.7 Å². The lowest BCUT2D eigenvalue weighted by molar-refractivity contribution is 0.00854. The third kappa shape index (κ3) is 3.00. The molecule has 2 rings (SSSR count). The summed E-state index contributed by atoms with van der Waals surface area (Å²) in [5, 5.41) is 0.998. The van der Waals surface area contributed by atoms with Gasteiger partial charge >= 0.3 is 0 Å². The highest BCUT2D eigenvalue weighted by Gasteiger charge is 2.21. The number of fused-ring (bicyclic) bond motifs is 1. The first-order valence-corrected chi connectivity index (χ1v) is 7.12. The van der Waals surface area contributed by atoms with E-state index in [1.165, 1.54) is 0 Å². The van der Waals surface area contributed by atoms with Crippen molar-refractivity contribution in [3.05, 3.63) is 28.0 Å². The van der Waals surface area contributed by atoms with Gasteiger partial charge in [0.25, 0.3) is 0 Å². The Morgan fingerprint density at radius 2 is 1.89 bits per heavy atom. The molecule has 0 amide bonds. The van der Waals surface area contributed by atoms with Crippen LogP contribution in [0.5, 0.6) is 0 Å². The maximum atomic E-state index is 6.08. The van der Waals surface area contributed by atoms with Crippen molar-refractivity contribution in [3.63, 3.8) is 0 Å². The summed E-state index contributed by atoms with van der Waals surface area (Å²) in [5.41, 5.74) is 1.38. The quantitative estimate of drug-likeness (QED) is 0.775. The molecule has 0 fully saturated rings. The summed E-state index contributed by atoms with van der Waals surface area (Å²) < 4.78 is 7.48. The van der Waals surface area contributed by atoms with Crippen molar-refractivity contribution in [2.75, 3.05) is 7.11 Å². The van der Waals surface area contributed by atoms with Gasteiger partial charge in [-0.25, -0.2) is 4.98 Å². The molecule has 0 spiro atoms. The minimum atomic E-state index is -0.319. The number of aromatic nitrogens is 2. The van der Waals surface area contributed by atoms with E-state index in [9.17, 15) is 0 Å². The Hall–Kier alpha value is -0.480. The summed E-state index contributed by atoms with van der Waals surface area (Å²) in [6.45, 7) is 4.66. The normalized spacial score (nSPS) is 12.3. The maximum Gasteiger partial charge on any atom is 0.124 e. The molecule has 0 radical (unpaired) electrons. The highest BCUT2D eigenvalue weighted by Crippen LogP contribution is 2.29. The Balaban J connectivity index is 2.60. The van der Waals surface area contributed by atoms with E-state index in [2.05, 4.69) is 4.98 Å². The summed E-state index contributed by atoms with van der Waals surface area (Å²) >= 11 is 18.1. The van der Waals surface area contributed by atoms with Gasteiger partial charge in [0.1, 0.15) is 5.82 Å². The van der Waals surface area contributed by atoms with E-state index in [0.29, 0.717) is 22.5 Å². The molecule has 0 aliphatic carbocycles.